The molecule has 2 heteroatoms. The molecule has 2 nitrogen and oxygen atoms in total. The third-order valence-electron chi connectivity index (χ3n) is 4.12. The van der Waals surface area contributed by atoms with Crippen molar-refractivity contribution in [1.29, 1.82) is 0 Å². The molecule has 1 saturated heterocycles. The fourth-order valence-electron chi connectivity index (χ4n) is 3.20. The van der Waals surface area contributed by atoms with Crippen LogP contribution in [0.25, 0.3) is 0 Å². The zero-order chi connectivity index (χ0) is 11.7. The lowest BCUT2D eigenvalue weighted by molar-refractivity contribution is 0.247. The van der Waals surface area contributed by atoms with Crippen molar-refractivity contribution >= 4 is 0 Å². The summed E-state index contributed by atoms with van der Waals surface area (Å²) in [5.74, 6) is 0.788. The summed E-state index contributed by atoms with van der Waals surface area (Å²) in [6.45, 7) is 7.20. The number of nitrogens with zero attached hydrogens (tertiary/aromatic N) is 1. The first-order chi connectivity index (χ1) is 8.33. The molecule has 2 unspecified atom stereocenters. The van der Waals surface area contributed by atoms with Gasteiger partial charge >= 0.3 is 0 Å². The molecular weight excluding hydrogens is 208 g/mol. The van der Waals surface area contributed by atoms with Crippen LogP contribution in [-0.2, 0) is 6.42 Å². The minimum absolute atomic E-state index is 0.646. The van der Waals surface area contributed by atoms with E-state index in [1.165, 1.54) is 39.0 Å². The molecule has 1 fully saturated rings. The van der Waals surface area contributed by atoms with Crippen molar-refractivity contribution in [2.24, 2.45) is 0 Å². The van der Waals surface area contributed by atoms with Crippen molar-refractivity contribution in [3.8, 4) is 0 Å². The summed E-state index contributed by atoms with van der Waals surface area (Å²) < 4.78 is 0. The molecule has 1 aromatic carbocycles. The topological polar surface area (TPSA) is 15.3 Å². The second-order valence-corrected chi connectivity index (χ2v) is 5.57. The predicted octanol–water partition coefficient (Wildman–Crippen LogP) is 2.01. The van der Waals surface area contributed by atoms with E-state index in [4.69, 9.17) is 0 Å². The molecule has 0 aromatic heterocycles. The summed E-state index contributed by atoms with van der Waals surface area (Å²) in [6.07, 6.45) is 2.58. The van der Waals surface area contributed by atoms with Crippen molar-refractivity contribution in [3.63, 3.8) is 0 Å². The quantitative estimate of drug-likeness (QED) is 0.836. The van der Waals surface area contributed by atoms with Crippen LogP contribution in [0.1, 0.15) is 30.4 Å². The maximum absolute atomic E-state index is 3.56. The summed E-state index contributed by atoms with van der Waals surface area (Å²) in [5, 5.41) is 3.56. The van der Waals surface area contributed by atoms with Crippen molar-refractivity contribution < 1.29 is 0 Å². The second-order valence-electron chi connectivity index (χ2n) is 5.57. The van der Waals surface area contributed by atoms with Gasteiger partial charge in [0.05, 0.1) is 0 Å². The summed E-state index contributed by atoms with van der Waals surface area (Å²) in [5.41, 5.74) is 3.16. The molecule has 0 bridgehead atoms. The summed E-state index contributed by atoms with van der Waals surface area (Å²) in [4.78, 5) is 2.64. The van der Waals surface area contributed by atoms with Crippen LogP contribution in [0.2, 0.25) is 0 Å². The Morgan fingerprint density at radius 1 is 1.35 bits per heavy atom. The lowest BCUT2D eigenvalue weighted by atomic mass is 9.77. The molecule has 0 spiro atoms. The number of rotatable bonds is 2. The molecule has 3 rings (SSSR count). The Labute approximate surface area is 104 Å². The Balaban J connectivity index is 1.61. The number of nitrogens with one attached hydrogen (secondary N) is 1. The van der Waals surface area contributed by atoms with Gasteiger partial charge in [0, 0.05) is 25.0 Å². The molecule has 1 N–H and O–H groups in total. The van der Waals surface area contributed by atoms with Crippen LogP contribution in [0.3, 0.4) is 0 Å². The standard InChI is InChI=1S/C15H22N2/c1-12-10-17(8-4-7-16-12)11-14-9-13-5-2-3-6-15(13)14/h2-3,5-6,12,14,16H,4,7-11H2,1H3. The Morgan fingerprint density at radius 2 is 2.24 bits per heavy atom. The third kappa shape index (κ3) is 2.38. The molecule has 92 valence electrons. The van der Waals surface area contributed by atoms with E-state index in [9.17, 15) is 0 Å². The van der Waals surface area contributed by atoms with Crippen molar-refractivity contribution in [3.05, 3.63) is 35.4 Å². The van der Waals surface area contributed by atoms with Gasteiger partial charge in [0.1, 0.15) is 0 Å². The van der Waals surface area contributed by atoms with Gasteiger partial charge in [-0.15, -0.1) is 0 Å². The Hall–Kier alpha value is -0.860. The van der Waals surface area contributed by atoms with Gasteiger partial charge in [-0.3, -0.25) is 0 Å². The van der Waals surface area contributed by atoms with Gasteiger partial charge in [0.2, 0.25) is 0 Å². The van der Waals surface area contributed by atoms with Crippen LogP contribution in [0.5, 0.6) is 0 Å². The predicted molar refractivity (Wildman–Crippen MR) is 71.4 cm³/mol. The fraction of sp³-hybridized carbons (Fsp3) is 0.600. The van der Waals surface area contributed by atoms with E-state index >= 15 is 0 Å². The highest BCUT2D eigenvalue weighted by atomic mass is 15.2. The number of hydrogen-bond donors (Lipinski definition) is 1. The normalized spacial score (nSPS) is 29.2. The van der Waals surface area contributed by atoms with Crippen LogP contribution in [-0.4, -0.2) is 37.1 Å². The minimum Gasteiger partial charge on any atom is -0.313 e. The summed E-state index contributed by atoms with van der Waals surface area (Å²) in [6, 6.07) is 9.57. The van der Waals surface area contributed by atoms with Crippen LogP contribution >= 0.6 is 0 Å². The first-order valence-electron chi connectivity index (χ1n) is 6.86. The van der Waals surface area contributed by atoms with Crippen molar-refractivity contribution in [2.75, 3.05) is 26.2 Å². The molecule has 0 amide bonds. The second kappa shape index (κ2) is 4.79. The fourth-order valence-corrected chi connectivity index (χ4v) is 3.20. The zero-order valence-corrected chi connectivity index (χ0v) is 10.7. The van der Waals surface area contributed by atoms with Crippen LogP contribution in [0.4, 0.5) is 0 Å². The molecule has 2 aliphatic rings. The average molecular weight is 230 g/mol. The van der Waals surface area contributed by atoms with Gasteiger partial charge < -0.3 is 10.2 Å². The first kappa shape index (κ1) is 11.2. The van der Waals surface area contributed by atoms with E-state index in [1.807, 2.05) is 0 Å². The Bertz CT molecular complexity index is 388. The molecule has 1 aliphatic carbocycles. The zero-order valence-electron chi connectivity index (χ0n) is 10.7. The Morgan fingerprint density at radius 3 is 3.12 bits per heavy atom. The molecule has 17 heavy (non-hydrogen) atoms. The van der Waals surface area contributed by atoms with E-state index in [-0.39, 0.29) is 0 Å². The molecule has 1 heterocycles. The van der Waals surface area contributed by atoms with Crippen LogP contribution in [0, 0.1) is 0 Å². The molecule has 0 radical (unpaired) electrons. The number of hydrogen-bond acceptors (Lipinski definition) is 2. The highest BCUT2D eigenvalue weighted by molar-refractivity contribution is 5.40. The highest BCUT2D eigenvalue weighted by Gasteiger charge is 2.27. The van der Waals surface area contributed by atoms with E-state index in [0.717, 1.165) is 5.92 Å². The highest BCUT2D eigenvalue weighted by Crippen LogP contribution is 2.35. The van der Waals surface area contributed by atoms with Gasteiger partial charge in [-0.2, -0.15) is 0 Å². The lowest BCUT2D eigenvalue weighted by Crippen LogP contribution is -2.39. The van der Waals surface area contributed by atoms with Gasteiger partial charge in [0.15, 0.2) is 0 Å². The van der Waals surface area contributed by atoms with Crippen LogP contribution < -0.4 is 5.32 Å². The minimum atomic E-state index is 0.646. The van der Waals surface area contributed by atoms with Crippen LogP contribution in [0.15, 0.2) is 24.3 Å². The lowest BCUT2D eigenvalue weighted by Gasteiger charge is -2.35. The third-order valence-corrected chi connectivity index (χ3v) is 4.12. The molecule has 1 aliphatic heterocycles. The smallest absolute Gasteiger partial charge is 0.0166 e. The maximum Gasteiger partial charge on any atom is 0.0166 e. The SMILES string of the molecule is CC1CN(CC2Cc3ccccc32)CCCN1. The van der Waals surface area contributed by atoms with E-state index in [1.54, 1.807) is 11.1 Å². The summed E-state index contributed by atoms with van der Waals surface area (Å²) >= 11 is 0. The number of fused-ring (bicyclic) bond motifs is 1. The van der Waals surface area contributed by atoms with Crippen molar-refractivity contribution in [2.45, 2.75) is 31.7 Å². The first-order valence-corrected chi connectivity index (χ1v) is 6.86. The average Bonchev–Trinajstić information content (AvgIpc) is 2.51. The molecular formula is C15H22N2. The number of benzene rings is 1. The Kier molecular flexibility index (Phi) is 3.17. The monoisotopic (exact) mass is 230 g/mol. The van der Waals surface area contributed by atoms with E-state index in [2.05, 4.69) is 41.4 Å². The largest absolute Gasteiger partial charge is 0.313 e. The molecule has 0 saturated carbocycles. The summed E-state index contributed by atoms with van der Waals surface area (Å²) in [7, 11) is 0. The van der Waals surface area contributed by atoms with E-state index < -0.39 is 0 Å². The molecule has 1 aromatic rings. The molecule has 2 atom stereocenters. The van der Waals surface area contributed by atoms with E-state index in [0.29, 0.717) is 6.04 Å². The van der Waals surface area contributed by atoms with Gasteiger partial charge in [-0.05, 0) is 44.0 Å². The maximum atomic E-state index is 3.56. The van der Waals surface area contributed by atoms with Gasteiger partial charge in [-0.1, -0.05) is 24.3 Å². The van der Waals surface area contributed by atoms with Gasteiger partial charge in [-0.25, -0.2) is 0 Å². The van der Waals surface area contributed by atoms with Gasteiger partial charge in [0.25, 0.3) is 0 Å². The van der Waals surface area contributed by atoms with Crippen molar-refractivity contribution in [1.82, 2.24) is 10.2 Å².